The standard InChI is InChI=1S/C28H33N3O4S/c1-3-30-36(34,35)26-17-14-23(15-18-26)16-19-27(32)31(21-25-12-8-5-9-13-25)22(2)28(33)29-20-24-10-6-4-7-11-24/h4-15,17-18,22,30H,3,16,19-21H2,1-2H3,(H,29,33). The van der Waals surface area contributed by atoms with Crippen LogP contribution in [0.3, 0.4) is 0 Å². The summed E-state index contributed by atoms with van der Waals surface area (Å²) in [7, 11) is -3.52. The summed E-state index contributed by atoms with van der Waals surface area (Å²) >= 11 is 0. The van der Waals surface area contributed by atoms with E-state index in [1.54, 1.807) is 43.0 Å². The molecular weight excluding hydrogens is 474 g/mol. The van der Waals surface area contributed by atoms with Gasteiger partial charge in [-0.05, 0) is 42.2 Å². The Morgan fingerprint density at radius 2 is 1.42 bits per heavy atom. The predicted molar refractivity (Wildman–Crippen MR) is 140 cm³/mol. The second-order valence-electron chi connectivity index (χ2n) is 8.53. The molecule has 36 heavy (non-hydrogen) atoms. The molecule has 8 heteroatoms. The van der Waals surface area contributed by atoms with E-state index in [4.69, 9.17) is 0 Å². The van der Waals surface area contributed by atoms with Crippen LogP contribution in [0.15, 0.2) is 89.8 Å². The van der Waals surface area contributed by atoms with Crippen LogP contribution >= 0.6 is 0 Å². The number of hydrogen-bond acceptors (Lipinski definition) is 4. The van der Waals surface area contributed by atoms with Crippen molar-refractivity contribution in [2.75, 3.05) is 6.54 Å². The number of aryl methyl sites for hydroxylation is 1. The minimum Gasteiger partial charge on any atom is -0.350 e. The SMILES string of the molecule is CCNS(=O)(=O)c1ccc(CCC(=O)N(Cc2ccccc2)C(C)C(=O)NCc2ccccc2)cc1. The van der Waals surface area contributed by atoms with Crippen LogP contribution in [0.1, 0.15) is 37.0 Å². The van der Waals surface area contributed by atoms with E-state index in [0.29, 0.717) is 26.1 Å². The van der Waals surface area contributed by atoms with Crippen LogP contribution in [0, 0.1) is 0 Å². The van der Waals surface area contributed by atoms with Gasteiger partial charge in [-0.1, -0.05) is 79.7 Å². The summed E-state index contributed by atoms with van der Waals surface area (Å²) in [5.74, 6) is -0.369. The molecule has 0 aromatic heterocycles. The summed E-state index contributed by atoms with van der Waals surface area (Å²) in [6.07, 6.45) is 0.631. The number of carbonyl (C=O) groups excluding carboxylic acids is 2. The molecule has 0 aliphatic carbocycles. The molecule has 7 nitrogen and oxygen atoms in total. The van der Waals surface area contributed by atoms with Gasteiger partial charge in [0.05, 0.1) is 4.90 Å². The van der Waals surface area contributed by atoms with E-state index < -0.39 is 16.1 Å². The average molecular weight is 508 g/mol. The van der Waals surface area contributed by atoms with E-state index in [2.05, 4.69) is 10.0 Å². The molecule has 3 rings (SSSR count). The summed E-state index contributed by atoms with van der Waals surface area (Å²) in [5.41, 5.74) is 2.77. The Bertz CT molecular complexity index is 1230. The summed E-state index contributed by atoms with van der Waals surface area (Å²) in [4.78, 5) is 28.0. The van der Waals surface area contributed by atoms with Gasteiger partial charge in [0.25, 0.3) is 0 Å². The van der Waals surface area contributed by atoms with Gasteiger partial charge in [0.1, 0.15) is 6.04 Å². The largest absolute Gasteiger partial charge is 0.350 e. The van der Waals surface area contributed by atoms with Crippen molar-refractivity contribution in [1.82, 2.24) is 14.9 Å². The maximum absolute atomic E-state index is 13.3. The van der Waals surface area contributed by atoms with Gasteiger partial charge in [0.15, 0.2) is 0 Å². The van der Waals surface area contributed by atoms with Crippen LogP contribution in [-0.2, 0) is 39.1 Å². The third kappa shape index (κ3) is 7.76. The van der Waals surface area contributed by atoms with Crippen molar-refractivity contribution in [1.29, 1.82) is 0 Å². The minimum absolute atomic E-state index is 0.148. The van der Waals surface area contributed by atoms with Crippen LogP contribution in [0.2, 0.25) is 0 Å². The number of carbonyl (C=O) groups is 2. The first kappa shape index (κ1) is 27.1. The molecule has 3 aromatic rings. The van der Waals surface area contributed by atoms with Crippen LogP contribution in [-0.4, -0.2) is 37.7 Å². The summed E-state index contributed by atoms with van der Waals surface area (Å²) in [6, 6.07) is 25.1. The molecule has 3 aromatic carbocycles. The van der Waals surface area contributed by atoms with Crippen LogP contribution in [0.5, 0.6) is 0 Å². The maximum atomic E-state index is 13.3. The zero-order valence-electron chi connectivity index (χ0n) is 20.7. The number of nitrogens with one attached hydrogen (secondary N) is 2. The molecule has 2 N–H and O–H groups in total. The van der Waals surface area contributed by atoms with Gasteiger partial charge < -0.3 is 10.2 Å². The van der Waals surface area contributed by atoms with Gasteiger partial charge in [0.2, 0.25) is 21.8 Å². The lowest BCUT2D eigenvalue weighted by Gasteiger charge is -2.29. The fraction of sp³-hybridized carbons (Fsp3) is 0.286. The highest BCUT2D eigenvalue weighted by Gasteiger charge is 2.26. The molecule has 0 radical (unpaired) electrons. The lowest BCUT2D eigenvalue weighted by atomic mass is 10.1. The number of rotatable bonds is 12. The van der Waals surface area contributed by atoms with Gasteiger partial charge in [-0.2, -0.15) is 0 Å². The zero-order chi connectivity index (χ0) is 26.0. The smallest absolute Gasteiger partial charge is 0.242 e. The number of hydrogen-bond donors (Lipinski definition) is 2. The molecule has 0 saturated heterocycles. The third-order valence-corrected chi connectivity index (χ3v) is 7.43. The van der Waals surface area contributed by atoms with Crippen molar-refractivity contribution in [2.45, 2.75) is 50.7 Å². The molecule has 0 fully saturated rings. The molecular formula is C28H33N3O4S. The van der Waals surface area contributed by atoms with Crippen molar-refractivity contribution in [3.63, 3.8) is 0 Å². The van der Waals surface area contributed by atoms with E-state index >= 15 is 0 Å². The van der Waals surface area contributed by atoms with Crippen LogP contribution < -0.4 is 10.0 Å². The van der Waals surface area contributed by atoms with Gasteiger partial charge in [0, 0.05) is 26.1 Å². The maximum Gasteiger partial charge on any atom is 0.242 e. The highest BCUT2D eigenvalue weighted by molar-refractivity contribution is 7.89. The van der Waals surface area contributed by atoms with Crippen LogP contribution in [0.4, 0.5) is 0 Å². The highest BCUT2D eigenvalue weighted by atomic mass is 32.2. The molecule has 190 valence electrons. The quantitative estimate of drug-likeness (QED) is 0.391. The van der Waals surface area contributed by atoms with Gasteiger partial charge in [-0.25, -0.2) is 13.1 Å². The van der Waals surface area contributed by atoms with E-state index in [0.717, 1.165) is 16.7 Å². The van der Waals surface area contributed by atoms with E-state index in [9.17, 15) is 18.0 Å². The molecule has 0 heterocycles. The summed E-state index contributed by atoms with van der Waals surface area (Å²) in [5, 5.41) is 2.93. The number of sulfonamides is 1. The normalized spacial score (nSPS) is 12.1. The first-order valence-electron chi connectivity index (χ1n) is 12.0. The fourth-order valence-corrected chi connectivity index (χ4v) is 4.84. The Morgan fingerprint density at radius 1 is 0.833 bits per heavy atom. The lowest BCUT2D eigenvalue weighted by molar-refractivity contribution is -0.140. The van der Waals surface area contributed by atoms with E-state index in [-0.39, 0.29) is 23.1 Å². The van der Waals surface area contributed by atoms with E-state index in [1.165, 1.54) is 0 Å². The number of benzene rings is 3. The van der Waals surface area contributed by atoms with Gasteiger partial charge in [-0.3, -0.25) is 9.59 Å². The summed E-state index contributed by atoms with van der Waals surface area (Å²) < 4.78 is 26.8. The molecule has 0 spiro atoms. The first-order valence-corrected chi connectivity index (χ1v) is 13.5. The second kappa shape index (κ2) is 13.0. The Kier molecular flexibility index (Phi) is 9.78. The van der Waals surface area contributed by atoms with Crippen molar-refractivity contribution in [3.05, 3.63) is 102 Å². The zero-order valence-corrected chi connectivity index (χ0v) is 21.5. The first-order chi connectivity index (χ1) is 17.3. The molecule has 0 aliphatic rings. The monoisotopic (exact) mass is 507 g/mol. The van der Waals surface area contributed by atoms with Gasteiger partial charge >= 0.3 is 0 Å². The van der Waals surface area contributed by atoms with E-state index in [1.807, 2.05) is 60.7 Å². The minimum atomic E-state index is -3.52. The molecule has 0 saturated carbocycles. The highest BCUT2D eigenvalue weighted by Crippen LogP contribution is 2.15. The molecule has 2 amide bonds. The van der Waals surface area contributed by atoms with Crippen LogP contribution in [0.25, 0.3) is 0 Å². The molecule has 1 atom stereocenters. The van der Waals surface area contributed by atoms with Gasteiger partial charge in [-0.15, -0.1) is 0 Å². The Labute approximate surface area is 213 Å². The number of nitrogens with zero attached hydrogens (tertiary/aromatic N) is 1. The fourth-order valence-electron chi connectivity index (χ4n) is 3.80. The number of amides is 2. The van der Waals surface area contributed by atoms with Crippen molar-refractivity contribution < 1.29 is 18.0 Å². The van der Waals surface area contributed by atoms with Crippen molar-refractivity contribution >= 4 is 21.8 Å². The molecule has 0 bridgehead atoms. The topological polar surface area (TPSA) is 95.6 Å². The Balaban J connectivity index is 1.67. The molecule has 0 aliphatic heterocycles. The Hall–Kier alpha value is -3.49. The third-order valence-electron chi connectivity index (χ3n) is 5.87. The average Bonchev–Trinajstić information content (AvgIpc) is 2.90. The van der Waals surface area contributed by atoms with Crippen molar-refractivity contribution in [3.8, 4) is 0 Å². The summed E-state index contributed by atoms with van der Waals surface area (Å²) in [6.45, 7) is 4.48. The second-order valence-corrected chi connectivity index (χ2v) is 10.3. The Morgan fingerprint density at radius 3 is 2.00 bits per heavy atom. The predicted octanol–water partition coefficient (Wildman–Crippen LogP) is 3.65. The van der Waals surface area contributed by atoms with Crippen molar-refractivity contribution in [2.24, 2.45) is 0 Å². The lowest BCUT2D eigenvalue weighted by Crippen LogP contribution is -2.47. The molecule has 1 unspecified atom stereocenters.